The molecule has 2 N–H and O–H groups in total. The van der Waals surface area contributed by atoms with Gasteiger partial charge in [-0.3, -0.25) is 4.79 Å². The predicted octanol–water partition coefficient (Wildman–Crippen LogP) is 2.38. The highest BCUT2D eigenvalue weighted by molar-refractivity contribution is 7.89. The molecule has 0 radical (unpaired) electrons. The quantitative estimate of drug-likeness (QED) is 0.557. The van der Waals surface area contributed by atoms with Gasteiger partial charge in [0.1, 0.15) is 5.69 Å². The van der Waals surface area contributed by atoms with E-state index in [1.165, 1.54) is 4.31 Å². The number of hydrogen-bond donors (Lipinski definition) is 2. The summed E-state index contributed by atoms with van der Waals surface area (Å²) in [5.41, 5.74) is 5.35. The minimum absolute atomic E-state index is 0.0795. The zero-order valence-electron chi connectivity index (χ0n) is 20.0. The zero-order chi connectivity index (χ0) is 24.7. The average Bonchev–Trinajstić information content (AvgIpc) is 3.11. The molecular weight excluding hydrogens is 468 g/mol. The van der Waals surface area contributed by atoms with Crippen molar-refractivity contribution in [1.29, 1.82) is 0 Å². The summed E-state index contributed by atoms with van der Waals surface area (Å²) in [7, 11) is -3.65. The van der Waals surface area contributed by atoms with Crippen LogP contribution in [-0.2, 0) is 21.3 Å². The molecule has 1 aromatic carbocycles. The van der Waals surface area contributed by atoms with Gasteiger partial charge in [-0.15, -0.1) is 0 Å². The van der Waals surface area contributed by atoms with Crippen molar-refractivity contribution in [2.24, 2.45) is 0 Å². The Labute approximate surface area is 204 Å². The monoisotopic (exact) mass is 496 g/mol. The number of carbonyl (C=O) groups is 1. The summed E-state index contributed by atoms with van der Waals surface area (Å²) in [4.78, 5) is 21.7. The summed E-state index contributed by atoms with van der Waals surface area (Å²) in [6.45, 7) is 8.46. The third-order valence-electron chi connectivity index (χ3n) is 6.55. The van der Waals surface area contributed by atoms with Gasteiger partial charge in [0.25, 0.3) is 5.91 Å². The molecule has 5 rings (SSSR count). The van der Waals surface area contributed by atoms with Crippen LogP contribution in [0.15, 0.2) is 35.4 Å². The number of morpholine rings is 1. The predicted molar refractivity (Wildman–Crippen MR) is 131 cm³/mol. The highest BCUT2D eigenvalue weighted by Gasteiger charge is 2.29. The van der Waals surface area contributed by atoms with Gasteiger partial charge in [-0.2, -0.15) is 4.31 Å². The molecule has 1 saturated heterocycles. The summed E-state index contributed by atoms with van der Waals surface area (Å²) in [5.74, 6) is 0.262. The number of nitrogens with one attached hydrogen (secondary N) is 2. The number of aromatic nitrogens is 3. The molecular formula is C24H28N6O4S. The maximum atomic E-state index is 13.2. The fourth-order valence-corrected chi connectivity index (χ4v) is 6.44. The maximum Gasteiger partial charge on any atom is 0.268 e. The Kier molecular flexibility index (Phi) is 6.07. The van der Waals surface area contributed by atoms with E-state index in [9.17, 15) is 13.2 Å². The zero-order valence-corrected chi connectivity index (χ0v) is 20.8. The summed E-state index contributed by atoms with van der Waals surface area (Å²) in [6, 6.07) is 7.01. The molecule has 2 aromatic heterocycles. The number of anilines is 2. The first-order valence-electron chi connectivity index (χ1n) is 11.5. The van der Waals surface area contributed by atoms with Crippen molar-refractivity contribution in [3.05, 3.63) is 53.0 Å². The molecule has 1 fully saturated rings. The molecule has 0 unspecified atom stereocenters. The minimum atomic E-state index is -3.65. The Hall–Kier alpha value is -3.28. The largest absolute Gasteiger partial charge is 0.379 e. The number of aryl methyl sites for hydroxylation is 1. The number of sulfonamides is 1. The smallest absolute Gasteiger partial charge is 0.268 e. The van der Waals surface area contributed by atoms with Gasteiger partial charge in [0.15, 0.2) is 0 Å². The Balaban J connectivity index is 1.47. The van der Waals surface area contributed by atoms with Crippen LogP contribution in [0.4, 0.5) is 11.6 Å². The number of carbonyl (C=O) groups excluding carboxylic acids is 1. The molecule has 0 atom stereocenters. The van der Waals surface area contributed by atoms with Crippen LogP contribution in [0.3, 0.4) is 0 Å². The van der Waals surface area contributed by atoms with E-state index in [2.05, 4.69) is 20.6 Å². The lowest BCUT2D eigenvalue weighted by atomic mass is 10.1. The van der Waals surface area contributed by atoms with Gasteiger partial charge in [0.2, 0.25) is 16.0 Å². The molecule has 0 saturated carbocycles. The number of ether oxygens (including phenoxy) is 1. The van der Waals surface area contributed by atoms with Crippen molar-refractivity contribution >= 4 is 27.6 Å². The number of nitrogens with zero attached hydrogens (tertiary/aromatic N) is 4. The molecule has 35 heavy (non-hydrogen) atoms. The van der Waals surface area contributed by atoms with Gasteiger partial charge in [0.05, 0.1) is 23.8 Å². The van der Waals surface area contributed by atoms with Gasteiger partial charge >= 0.3 is 0 Å². The molecule has 10 nitrogen and oxygen atoms in total. The topological polar surface area (TPSA) is 118 Å². The highest BCUT2D eigenvalue weighted by Crippen LogP contribution is 2.33. The van der Waals surface area contributed by atoms with Gasteiger partial charge in [0, 0.05) is 49.3 Å². The van der Waals surface area contributed by atoms with Gasteiger partial charge in [-0.25, -0.2) is 18.4 Å². The molecule has 2 aliphatic heterocycles. The first-order valence-corrected chi connectivity index (χ1v) is 13.0. The van der Waals surface area contributed by atoms with E-state index in [0.29, 0.717) is 68.0 Å². The summed E-state index contributed by atoms with van der Waals surface area (Å²) in [6.07, 6.45) is 1.65. The average molecular weight is 497 g/mol. The second kappa shape index (κ2) is 9.06. The second-order valence-electron chi connectivity index (χ2n) is 8.73. The molecule has 0 aliphatic carbocycles. The van der Waals surface area contributed by atoms with E-state index in [1.807, 2.05) is 30.5 Å². The molecule has 0 spiro atoms. The van der Waals surface area contributed by atoms with Gasteiger partial charge in [-0.05, 0) is 50.1 Å². The maximum absolute atomic E-state index is 13.2. The van der Waals surface area contributed by atoms with Crippen LogP contribution in [0.25, 0.3) is 11.3 Å². The van der Waals surface area contributed by atoms with E-state index in [4.69, 9.17) is 4.74 Å². The van der Waals surface area contributed by atoms with Crippen molar-refractivity contribution in [3.8, 4) is 11.3 Å². The standard InChI is InChI=1S/C24H28N6O4S/c1-15-4-5-18(14-20(15)35(32,33)29-10-12-34-13-11-29)27-24-26-7-6-19(28-24)21-16(2)22-23(31)25-8-9-30(22)17(21)3/h4-7,14H,8-13H2,1-3H3,(H,25,31)(H,26,27,28). The molecule has 3 aromatic rings. The van der Waals surface area contributed by atoms with Crippen LogP contribution in [0, 0.1) is 20.8 Å². The normalized spacial score (nSPS) is 16.6. The number of rotatable bonds is 5. The van der Waals surface area contributed by atoms with E-state index in [0.717, 1.165) is 16.8 Å². The van der Waals surface area contributed by atoms with Crippen molar-refractivity contribution in [1.82, 2.24) is 24.2 Å². The molecule has 184 valence electrons. The third kappa shape index (κ3) is 4.19. The van der Waals surface area contributed by atoms with Crippen LogP contribution in [0.2, 0.25) is 0 Å². The minimum Gasteiger partial charge on any atom is -0.379 e. The Morgan fingerprint density at radius 3 is 2.60 bits per heavy atom. The first kappa shape index (κ1) is 23.5. The van der Waals surface area contributed by atoms with Crippen molar-refractivity contribution in [2.45, 2.75) is 32.2 Å². The summed E-state index contributed by atoms with van der Waals surface area (Å²) >= 11 is 0. The molecule has 1 amide bonds. The van der Waals surface area contributed by atoms with E-state index < -0.39 is 10.0 Å². The van der Waals surface area contributed by atoms with Gasteiger partial charge < -0.3 is 19.9 Å². The lowest BCUT2D eigenvalue weighted by molar-refractivity contribution is 0.0730. The number of benzene rings is 1. The van der Waals surface area contributed by atoms with Crippen molar-refractivity contribution in [3.63, 3.8) is 0 Å². The van der Waals surface area contributed by atoms with Crippen molar-refractivity contribution < 1.29 is 17.9 Å². The fraction of sp³-hybridized carbons (Fsp3) is 0.375. The van der Waals surface area contributed by atoms with Crippen LogP contribution in [0.1, 0.15) is 27.3 Å². The number of amides is 1. The lowest BCUT2D eigenvalue weighted by Gasteiger charge is -2.26. The Morgan fingerprint density at radius 2 is 1.86 bits per heavy atom. The number of fused-ring (bicyclic) bond motifs is 1. The second-order valence-corrected chi connectivity index (χ2v) is 10.6. The molecule has 0 bridgehead atoms. The Bertz CT molecular complexity index is 1410. The van der Waals surface area contributed by atoms with Crippen LogP contribution in [-0.4, -0.2) is 66.0 Å². The lowest BCUT2D eigenvalue weighted by Crippen LogP contribution is -2.40. The fourth-order valence-electron chi connectivity index (χ4n) is 4.78. The SMILES string of the molecule is Cc1ccc(Nc2nccc(-c3c(C)c4n(c3C)CCNC4=O)n2)cc1S(=O)(=O)N1CCOCC1. The molecule has 2 aliphatic rings. The summed E-state index contributed by atoms with van der Waals surface area (Å²) in [5, 5.41) is 6.05. The number of hydrogen-bond acceptors (Lipinski definition) is 7. The van der Waals surface area contributed by atoms with E-state index in [1.54, 1.807) is 25.3 Å². The van der Waals surface area contributed by atoms with E-state index >= 15 is 0 Å². The highest BCUT2D eigenvalue weighted by atomic mass is 32.2. The summed E-state index contributed by atoms with van der Waals surface area (Å²) < 4.78 is 35.2. The molecule has 4 heterocycles. The van der Waals surface area contributed by atoms with Crippen LogP contribution < -0.4 is 10.6 Å². The third-order valence-corrected chi connectivity index (χ3v) is 8.59. The van der Waals surface area contributed by atoms with E-state index in [-0.39, 0.29) is 10.8 Å². The van der Waals surface area contributed by atoms with Crippen LogP contribution >= 0.6 is 0 Å². The van der Waals surface area contributed by atoms with Crippen molar-refractivity contribution in [2.75, 3.05) is 38.2 Å². The van der Waals surface area contributed by atoms with Crippen LogP contribution in [0.5, 0.6) is 0 Å². The Morgan fingerprint density at radius 1 is 1.09 bits per heavy atom. The molecule has 11 heteroatoms. The first-order chi connectivity index (χ1) is 16.8. The van der Waals surface area contributed by atoms with Gasteiger partial charge in [-0.1, -0.05) is 6.07 Å².